The van der Waals surface area contributed by atoms with Crippen LogP contribution in [0.3, 0.4) is 0 Å². The maximum absolute atomic E-state index is 14.1. The van der Waals surface area contributed by atoms with Crippen molar-refractivity contribution in [3.63, 3.8) is 0 Å². The number of nitrogens with zero attached hydrogens (tertiary/aromatic N) is 1. The molecule has 0 atom stereocenters. The van der Waals surface area contributed by atoms with Crippen LogP contribution in [0.15, 0.2) is 71.6 Å². The first kappa shape index (κ1) is 20.2. The van der Waals surface area contributed by atoms with Gasteiger partial charge in [0.25, 0.3) is 0 Å². The Morgan fingerprint density at radius 3 is 2.27 bits per heavy atom. The lowest BCUT2D eigenvalue weighted by molar-refractivity contribution is 0.0684. The van der Waals surface area contributed by atoms with Gasteiger partial charge < -0.3 is 9.67 Å². The molecular weight excluding hydrogens is 425 g/mol. The predicted molar refractivity (Wildman–Crippen MR) is 117 cm³/mol. The number of carbonyl (C=O) groups is 2. The molecule has 4 aromatic rings. The van der Waals surface area contributed by atoms with Crippen LogP contribution in [0.5, 0.6) is 0 Å². The summed E-state index contributed by atoms with van der Waals surface area (Å²) in [5, 5.41) is 10.9. The summed E-state index contributed by atoms with van der Waals surface area (Å²) in [5.74, 6) is -2.28. The van der Waals surface area contributed by atoms with Gasteiger partial charge in [-0.25, -0.2) is 9.18 Å². The van der Waals surface area contributed by atoms with Gasteiger partial charge in [0.05, 0.1) is 11.1 Å². The number of ketones is 1. The van der Waals surface area contributed by atoms with Crippen LogP contribution in [0.4, 0.5) is 4.39 Å². The normalized spacial score (nSPS) is 11.0. The molecule has 4 rings (SSSR count). The van der Waals surface area contributed by atoms with Crippen LogP contribution < -0.4 is 0 Å². The van der Waals surface area contributed by atoms with E-state index in [4.69, 9.17) is 11.6 Å². The van der Waals surface area contributed by atoms with Crippen molar-refractivity contribution in [3.05, 3.63) is 94.4 Å². The summed E-state index contributed by atoms with van der Waals surface area (Å²) in [4.78, 5) is 26.6. The van der Waals surface area contributed by atoms with E-state index in [-0.39, 0.29) is 11.3 Å². The summed E-state index contributed by atoms with van der Waals surface area (Å²) in [5.41, 5.74) is 0.918. The third kappa shape index (κ3) is 3.49. The molecule has 1 N–H and O–H groups in total. The highest BCUT2D eigenvalue weighted by atomic mass is 35.5. The zero-order chi connectivity index (χ0) is 21.4. The van der Waals surface area contributed by atoms with E-state index in [1.807, 2.05) is 18.4 Å². The molecule has 0 bridgehead atoms. The molecule has 0 saturated heterocycles. The number of fused-ring (bicyclic) bond motifs is 1. The van der Waals surface area contributed by atoms with E-state index in [2.05, 4.69) is 0 Å². The van der Waals surface area contributed by atoms with Gasteiger partial charge in [-0.2, -0.15) is 0 Å². The summed E-state index contributed by atoms with van der Waals surface area (Å²) in [6.07, 6.45) is 1.93. The molecule has 0 unspecified atom stereocenters. The molecule has 1 aromatic heterocycles. The molecule has 4 nitrogen and oxygen atoms in total. The highest BCUT2D eigenvalue weighted by Crippen LogP contribution is 2.33. The fraction of sp³-hybridized carbons (Fsp3) is 0.0435. The van der Waals surface area contributed by atoms with E-state index < -0.39 is 17.6 Å². The van der Waals surface area contributed by atoms with Crippen molar-refractivity contribution < 1.29 is 19.1 Å². The lowest BCUT2D eigenvalue weighted by Crippen LogP contribution is -2.13. The first-order valence-corrected chi connectivity index (χ1v) is 10.5. The molecular formula is C23H15ClFNO3S. The Hall–Kier alpha value is -3.09. The summed E-state index contributed by atoms with van der Waals surface area (Å²) >= 11 is 7.46. The SMILES string of the molecule is CSc1ccc(-n2c(C(=O)O)c(C(=O)c3ccc(Cl)cc3)c3ccc(F)cc32)cc1. The fourth-order valence-electron chi connectivity index (χ4n) is 3.44. The summed E-state index contributed by atoms with van der Waals surface area (Å²) in [6, 6.07) is 17.3. The Kier molecular flexibility index (Phi) is 5.37. The zero-order valence-electron chi connectivity index (χ0n) is 15.7. The molecule has 0 aliphatic rings. The van der Waals surface area contributed by atoms with Gasteiger partial charge in [0, 0.05) is 26.6 Å². The molecule has 0 aliphatic heterocycles. The van der Waals surface area contributed by atoms with Gasteiger partial charge in [-0.15, -0.1) is 11.8 Å². The second kappa shape index (κ2) is 7.97. The van der Waals surface area contributed by atoms with E-state index in [0.29, 0.717) is 27.2 Å². The van der Waals surface area contributed by atoms with Crippen LogP contribution >= 0.6 is 23.4 Å². The van der Waals surface area contributed by atoms with Crippen LogP contribution in [0.25, 0.3) is 16.6 Å². The average molecular weight is 440 g/mol. The van der Waals surface area contributed by atoms with Crippen molar-refractivity contribution in [2.45, 2.75) is 4.90 Å². The first-order chi connectivity index (χ1) is 14.4. The molecule has 0 spiro atoms. The maximum Gasteiger partial charge on any atom is 0.353 e. The lowest BCUT2D eigenvalue weighted by Gasteiger charge is -2.10. The second-order valence-electron chi connectivity index (χ2n) is 6.56. The number of aromatic nitrogens is 1. The Bertz CT molecular complexity index is 1280. The molecule has 150 valence electrons. The van der Waals surface area contributed by atoms with Gasteiger partial charge in [-0.1, -0.05) is 11.6 Å². The highest BCUT2D eigenvalue weighted by molar-refractivity contribution is 7.98. The van der Waals surface area contributed by atoms with Crippen molar-refractivity contribution >= 4 is 46.0 Å². The van der Waals surface area contributed by atoms with E-state index in [0.717, 1.165) is 4.90 Å². The largest absolute Gasteiger partial charge is 0.477 e. The summed E-state index contributed by atoms with van der Waals surface area (Å²) < 4.78 is 15.5. The van der Waals surface area contributed by atoms with Crippen molar-refractivity contribution in [1.29, 1.82) is 0 Å². The van der Waals surface area contributed by atoms with Gasteiger partial charge in [0.15, 0.2) is 5.78 Å². The fourth-order valence-corrected chi connectivity index (χ4v) is 3.97. The number of hydrogen-bond donors (Lipinski definition) is 1. The van der Waals surface area contributed by atoms with E-state index in [1.54, 1.807) is 36.0 Å². The van der Waals surface area contributed by atoms with Crippen LogP contribution in [-0.2, 0) is 0 Å². The lowest BCUT2D eigenvalue weighted by atomic mass is 10.00. The first-order valence-electron chi connectivity index (χ1n) is 8.92. The van der Waals surface area contributed by atoms with Gasteiger partial charge in [-0.05, 0) is 73.0 Å². The van der Waals surface area contributed by atoms with Gasteiger partial charge in [0.1, 0.15) is 11.5 Å². The number of carboxylic acids is 1. The Labute approximate surface area is 180 Å². The number of benzene rings is 3. The van der Waals surface area contributed by atoms with Crippen LogP contribution in [0.2, 0.25) is 5.02 Å². The third-order valence-electron chi connectivity index (χ3n) is 4.80. The van der Waals surface area contributed by atoms with Crippen LogP contribution in [-0.4, -0.2) is 27.7 Å². The van der Waals surface area contributed by atoms with Crippen molar-refractivity contribution in [1.82, 2.24) is 4.57 Å². The molecule has 0 saturated carbocycles. The summed E-state index contributed by atoms with van der Waals surface area (Å²) in [6.45, 7) is 0. The number of carboxylic acid groups (broad SMARTS) is 1. The molecule has 30 heavy (non-hydrogen) atoms. The minimum absolute atomic E-state index is 0.00812. The molecule has 0 radical (unpaired) electrons. The van der Waals surface area contributed by atoms with Crippen molar-refractivity contribution in [3.8, 4) is 5.69 Å². The van der Waals surface area contributed by atoms with Gasteiger partial charge in [-0.3, -0.25) is 4.79 Å². The van der Waals surface area contributed by atoms with Crippen LogP contribution in [0, 0.1) is 5.82 Å². The number of thioether (sulfide) groups is 1. The summed E-state index contributed by atoms with van der Waals surface area (Å²) in [7, 11) is 0. The van der Waals surface area contributed by atoms with Crippen molar-refractivity contribution in [2.24, 2.45) is 0 Å². The van der Waals surface area contributed by atoms with Crippen molar-refractivity contribution in [2.75, 3.05) is 6.26 Å². The Morgan fingerprint density at radius 1 is 1.00 bits per heavy atom. The minimum Gasteiger partial charge on any atom is -0.477 e. The number of rotatable bonds is 5. The Morgan fingerprint density at radius 2 is 1.67 bits per heavy atom. The van der Waals surface area contributed by atoms with Gasteiger partial charge >= 0.3 is 5.97 Å². The number of halogens is 2. The van der Waals surface area contributed by atoms with E-state index >= 15 is 0 Å². The quantitative estimate of drug-likeness (QED) is 0.302. The molecule has 7 heteroatoms. The highest BCUT2D eigenvalue weighted by Gasteiger charge is 2.28. The maximum atomic E-state index is 14.1. The second-order valence-corrected chi connectivity index (χ2v) is 7.88. The predicted octanol–water partition coefficient (Wildman–Crippen LogP) is 6.07. The Balaban J connectivity index is 2.05. The molecule has 1 heterocycles. The van der Waals surface area contributed by atoms with E-state index in [1.165, 1.54) is 34.9 Å². The zero-order valence-corrected chi connectivity index (χ0v) is 17.3. The molecule has 3 aromatic carbocycles. The molecule has 0 amide bonds. The monoisotopic (exact) mass is 439 g/mol. The smallest absolute Gasteiger partial charge is 0.353 e. The minimum atomic E-state index is -1.28. The topological polar surface area (TPSA) is 59.3 Å². The molecule has 0 fully saturated rings. The molecule has 0 aliphatic carbocycles. The number of carbonyl (C=O) groups excluding carboxylic acids is 1. The number of hydrogen-bond acceptors (Lipinski definition) is 3. The standard InChI is InChI=1S/C23H15ClFNO3S/c1-30-17-9-7-16(8-10-17)26-19-12-15(25)6-11-18(19)20(21(26)23(28)29)22(27)13-2-4-14(24)5-3-13/h2-12H,1H3,(H,28,29). The van der Waals surface area contributed by atoms with Gasteiger partial charge in [0.2, 0.25) is 0 Å². The number of aromatic carboxylic acids is 1. The van der Waals surface area contributed by atoms with E-state index in [9.17, 15) is 19.1 Å². The third-order valence-corrected chi connectivity index (χ3v) is 5.79. The average Bonchev–Trinajstić information content (AvgIpc) is 3.08. The van der Waals surface area contributed by atoms with Crippen LogP contribution in [0.1, 0.15) is 26.4 Å².